The number of nitrogens with one attached hydrogen (secondary N) is 2. The predicted molar refractivity (Wildman–Crippen MR) is 166 cm³/mol. The number of anilines is 2. The molecule has 0 saturated carbocycles. The van der Waals surface area contributed by atoms with E-state index in [1.807, 2.05) is 87.6 Å². The summed E-state index contributed by atoms with van der Waals surface area (Å²) in [6, 6.07) is 17.6. The minimum Gasteiger partial charge on any atom is -0.324 e. The first kappa shape index (κ1) is 28.9. The smallest absolute Gasteiger partial charge is 0.255 e. The van der Waals surface area contributed by atoms with Crippen LogP contribution < -0.4 is 10.6 Å². The van der Waals surface area contributed by atoms with Gasteiger partial charge in [-0.15, -0.1) is 0 Å². The Balaban J connectivity index is 0.00000181. The van der Waals surface area contributed by atoms with Gasteiger partial charge in [0.15, 0.2) is 0 Å². The molecule has 5 rings (SSSR count). The first-order valence-electron chi connectivity index (χ1n) is 13.9. The van der Waals surface area contributed by atoms with E-state index in [1.54, 1.807) is 12.4 Å². The molecule has 0 bridgehead atoms. The minimum absolute atomic E-state index is 0.138. The van der Waals surface area contributed by atoms with Crippen LogP contribution in [0.5, 0.6) is 0 Å². The second kappa shape index (κ2) is 14.3. The SMILES string of the molecule is CC.Cc1ccc(NC(=O)c2ccc(CN3CCN(C)CC3)cc2)cc1NC1=NCC(c2cccnc2)=CC=N1. The fourth-order valence-corrected chi connectivity index (χ4v) is 4.45. The zero-order valence-corrected chi connectivity index (χ0v) is 23.9. The number of hydrogen-bond donors (Lipinski definition) is 2. The third-order valence-corrected chi connectivity index (χ3v) is 6.86. The first-order valence-corrected chi connectivity index (χ1v) is 13.9. The number of pyridine rings is 1. The van der Waals surface area contributed by atoms with E-state index in [2.05, 4.69) is 42.4 Å². The van der Waals surface area contributed by atoms with Crippen LogP contribution in [0.1, 0.15) is 40.9 Å². The lowest BCUT2D eigenvalue weighted by atomic mass is 10.1. The Morgan fingerprint density at radius 3 is 2.50 bits per heavy atom. The zero-order chi connectivity index (χ0) is 28.3. The number of carbonyl (C=O) groups excluding carboxylic acids is 1. The van der Waals surface area contributed by atoms with E-state index in [0.29, 0.717) is 23.8 Å². The van der Waals surface area contributed by atoms with E-state index in [9.17, 15) is 4.79 Å². The Bertz CT molecular complexity index is 1360. The molecule has 0 radical (unpaired) electrons. The van der Waals surface area contributed by atoms with Gasteiger partial charge in [0.25, 0.3) is 5.91 Å². The van der Waals surface area contributed by atoms with Gasteiger partial charge in [-0.25, -0.2) is 9.98 Å². The van der Waals surface area contributed by atoms with E-state index < -0.39 is 0 Å². The van der Waals surface area contributed by atoms with Gasteiger partial charge in [-0.3, -0.25) is 14.7 Å². The van der Waals surface area contributed by atoms with Gasteiger partial charge < -0.3 is 15.5 Å². The average Bonchev–Trinajstić information content (AvgIpc) is 3.23. The van der Waals surface area contributed by atoms with Crippen molar-refractivity contribution in [2.75, 3.05) is 50.4 Å². The van der Waals surface area contributed by atoms with Crippen molar-refractivity contribution in [1.29, 1.82) is 0 Å². The molecule has 8 nitrogen and oxygen atoms in total. The third-order valence-electron chi connectivity index (χ3n) is 6.86. The molecule has 3 heterocycles. The lowest BCUT2D eigenvalue weighted by Crippen LogP contribution is -2.43. The van der Waals surface area contributed by atoms with E-state index in [-0.39, 0.29) is 5.91 Å². The van der Waals surface area contributed by atoms with E-state index in [0.717, 1.165) is 55.1 Å². The number of guanidine groups is 1. The highest BCUT2D eigenvalue weighted by Gasteiger charge is 2.15. The van der Waals surface area contributed by atoms with Crippen molar-refractivity contribution in [2.24, 2.45) is 9.98 Å². The van der Waals surface area contributed by atoms with Crippen LogP contribution in [0.3, 0.4) is 0 Å². The predicted octanol–water partition coefficient (Wildman–Crippen LogP) is 5.35. The summed E-state index contributed by atoms with van der Waals surface area (Å²) in [6.07, 6.45) is 7.28. The second-order valence-corrected chi connectivity index (χ2v) is 9.74. The Hall–Kier alpha value is -4.14. The van der Waals surface area contributed by atoms with Crippen molar-refractivity contribution in [3.8, 4) is 0 Å². The molecule has 0 atom stereocenters. The van der Waals surface area contributed by atoms with Gasteiger partial charge in [0, 0.05) is 68.3 Å². The van der Waals surface area contributed by atoms with Crippen molar-refractivity contribution in [1.82, 2.24) is 14.8 Å². The number of rotatable bonds is 6. The Kier molecular flexibility index (Phi) is 10.3. The van der Waals surface area contributed by atoms with Crippen molar-refractivity contribution < 1.29 is 4.79 Å². The summed E-state index contributed by atoms with van der Waals surface area (Å²) in [5.74, 6) is 0.378. The van der Waals surface area contributed by atoms with Crippen LogP contribution in [-0.4, -0.2) is 72.6 Å². The third kappa shape index (κ3) is 7.94. The molecule has 2 aliphatic rings. The van der Waals surface area contributed by atoms with Crippen molar-refractivity contribution in [2.45, 2.75) is 27.3 Å². The summed E-state index contributed by atoms with van der Waals surface area (Å²) in [6.45, 7) is 11.7. The zero-order valence-electron chi connectivity index (χ0n) is 23.9. The average molecular weight is 538 g/mol. The largest absolute Gasteiger partial charge is 0.324 e. The molecule has 2 N–H and O–H groups in total. The van der Waals surface area contributed by atoms with Crippen LogP contribution in [0.2, 0.25) is 0 Å². The van der Waals surface area contributed by atoms with E-state index >= 15 is 0 Å². The molecule has 2 aromatic carbocycles. The monoisotopic (exact) mass is 537 g/mol. The number of nitrogens with zero attached hydrogens (tertiary/aromatic N) is 5. The normalized spacial score (nSPS) is 15.7. The number of hydrogen-bond acceptors (Lipinski definition) is 7. The summed E-state index contributed by atoms with van der Waals surface area (Å²) in [5.41, 5.74) is 6.50. The van der Waals surface area contributed by atoms with Gasteiger partial charge in [0.2, 0.25) is 5.96 Å². The number of carbonyl (C=O) groups is 1. The molecule has 1 aromatic heterocycles. The fourth-order valence-electron chi connectivity index (χ4n) is 4.45. The molecule has 208 valence electrons. The van der Waals surface area contributed by atoms with Gasteiger partial charge in [-0.05, 0) is 72.6 Å². The molecule has 8 heteroatoms. The lowest BCUT2D eigenvalue weighted by Gasteiger charge is -2.32. The van der Waals surface area contributed by atoms with Crippen molar-refractivity contribution in [3.63, 3.8) is 0 Å². The van der Waals surface area contributed by atoms with Crippen molar-refractivity contribution >= 4 is 35.0 Å². The molecular formula is C32H39N7O. The van der Waals surface area contributed by atoms with Gasteiger partial charge in [0.1, 0.15) is 0 Å². The molecule has 2 aliphatic heterocycles. The maximum atomic E-state index is 12.9. The Labute approximate surface area is 237 Å². The molecule has 3 aromatic rings. The quantitative estimate of drug-likeness (QED) is 0.443. The number of allylic oxidation sites excluding steroid dienone is 1. The Morgan fingerprint density at radius 2 is 1.77 bits per heavy atom. The lowest BCUT2D eigenvalue weighted by molar-refractivity contribution is 0.102. The number of benzene rings is 2. The molecule has 0 spiro atoms. The summed E-state index contributed by atoms with van der Waals surface area (Å²) < 4.78 is 0. The number of aliphatic imine (C=N–C) groups is 2. The number of aryl methyl sites for hydroxylation is 1. The summed E-state index contributed by atoms with van der Waals surface area (Å²) in [4.78, 5) is 31.0. The van der Waals surface area contributed by atoms with Gasteiger partial charge >= 0.3 is 0 Å². The molecule has 0 unspecified atom stereocenters. The van der Waals surface area contributed by atoms with Crippen LogP contribution in [0.4, 0.5) is 11.4 Å². The van der Waals surface area contributed by atoms with E-state index in [4.69, 9.17) is 0 Å². The standard InChI is InChI=1S/C30H33N7O.C2H6/c1-22-5-10-27(18-28(22)35-30-32-13-11-26(20-33-30)25-4-3-12-31-19-25)34-29(38)24-8-6-23(7-9-24)21-37-16-14-36(2)15-17-37;1-2/h3-13,18-19H,14-17,20-21H2,1-2H3,(H,33,35)(H,34,38);1-2H3. The second-order valence-electron chi connectivity index (χ2n) is 9.74. The number of aromatic nitrogens is 1. The molecule has 1 saturated heterocycles. The summed E-state index contributed by atoms with van der Waals surface area (Å²) in [7, 11) is 2.16. The van der Waals surface area contributed by atoms with Crippen LogP contribution in [-0.2, 0) is 6.54 Å². The highest BCUT2D eigenvalue weighted by molar-refractivity contribution is 6.06. The summed E-state index contributed by atoms with van der Waals surface area (Å²) >= 11 is 0. The molecule has 1 fully saturated rings. The molecular weight excluding hydrogens is 498 g/mol. The number of piperazine rings is 1. The van der Waals surface area contributed by atoms with Gasteiger partial charge in [-0.1, -0.05) is 38.1 Å². The fraction of sp³-hybridized carbons (Fsp3) is 0.312. The van der Waals surface area contributed by atoms with Crippen LogP contribution >= 0.6 is 0 Å². The maximum Gasteiger partial charge on any atom is 0.255 e. The topological polar surface area (TPSA) is 85.2 Å². The highest BCUT2D eigenvalue weighted by atomic mass is 16.1. The van der Waals surface area contributed by atoms with Gasteiger partial charge in [0.05, 0.1) is 6.54 Å². The highest BCUT2D eigenvalue weighted by Crippen LogP contribution is 2.22. The molecule has 40 heavy (non-hydrogen) atoms. The minimum atomic E-state index is -0.138. The maximum absolute atomic E-state index is 12.9. The summed E-state index contributed by atoms with van der Waals surface area (Å²) in [5, 5.41) is 6.33. The molecule has 1 amide bonds. The van der Waals surface area contributed by atoms with Crippen LogP contribution in [0.25, 0.3) is 5.57 Å². The van der Waals surface area contributed by atoms with Crippen LogP contribution in [0.15, 0.2) is 83.1 Å². The Morgan fingerprint density at radius 1 is 1.00 bits per heavy atom. The first-order chi connectivity index (χ1) is 19.5. The van der Waals surface area contributed by atoms with Crippen molar-refractivity contribution in [3.05, 3.63) is 95.3 Å². The van der Waals surface area contributed by atoms with Crippen LogP contribution in [0, 0.1) is 6.92 Å². The number of likely N-dealkylation sites (N-methyl/N-ethyl adjacent to an activating group) is 1. The van der Waals surface area contributed by atoms with E-state index in [1.165, 1.54) is 5.56 Å². The molecule has 0 aliphatic carbocycles. The van der Waals surface area contributed by atoms with Gasteiger partial charge in [-0.2, -0.15) is 0 Å². The number of amides is 1.